The zero-order valence-corrected chi connectivity index (χ0v) is 14.1. The van der Waals surface area contributed by atoms with Gasteiger partial charge in [-0.2, -0.15) is 10.5 Å². The average molecular weight is 320 g/mol. The highest BCUT2D eigenvalue weighted by Gasteiger charge is 2.03. The van der Waals surface area contributed by atoms with Gasteiger partial charge in [-0.05, 0) is 25.0 Å². The molecule has 0 spiro atoms. The van der Waals surface area contributed by atoms with Crippen LogP contribution in [0.15, 0.2) is 49.1 Å². The molecular weight excluding hydrogens is 296 g/mol. The van der Waals surface area contributed by atoms with Crippen molar-refractivity contribution in [3.05, 3.63) is 60.2 Å². The Hall–Kier alpha value is -2.72. The van der Waals surface area contributed by atoms with Crippen LogP contribution in [0.5, 0.6) is 0 Å². The van der Waals surface area contributed by atoms with E-state index in [1.54, 1.807) is 0 Å². The quantitative estimate of drug-likeness (QED) is 0.527. The first kappa shape index (κ1) is 17.6. The maximum Gasteiger partial charge on any atom is 0.186 e. The molecule has 4 nitrogen and oxygen atoms in total. The number of pyridine rings is 2. The van der Waals surface area contributed by atoms with Crippen LogP contribution in [-0.2, 0) is 13.1 Å². The number of aromatic nitrogens is 2. The zero-order chi connectivity index (χ0) is 17.0. The van der Waals surface area contributed by atoms with Crippen LogP contribution in [0, 0.1) is 22.7 Å². The van der Waals surface area contributed by atoms with Crippen LogP contribution in [0.4, 0.5) is 0 Å². The third-order valence-electron chi connectivity index (χ3n) is 4.06. The highest BCUT2D eigenvalue weighted by molar-refractivity contribution is 5.22. The standard InChI is InChI=1S/C20H24N4/c21-15-19-9-7-13-23(17-19)11-5-3-1-2-4-6-12-24-14-8-10-20(16-22)18-24/h7-10,13-14,17-18H,1-6,11-12H2/q+2. The summed E-state index contributed by atoms with van der Waals surface area (Å²) in [6.07, 6.45) is 15.1. The molecular formula is C20H24N4+2. The minimum Gasteiger partial charge on any atom is -0.204 e. The second kappa shape index (κ2) is 10.1. The van der Waals surface area contributed by atoms with E-state index in [9.17, 15) is 0 Å². The van der Waals surface area contributed by atoms with E-state index in [2.05, 4.69) is 21.3 Å². The minimum atomic E-state index is 0.718. The van der Waals surface area contributed by atoms with Gasteiger partial charge in [-0.15, -0.1) is 0 Å². The molecule has 0 fully saturated rings. The fourth-order valence-electron chi connectivity index (χ4n) is 2.75. The van der Waals surface area contributed by atoms with E-state index in [1.165, 1.54) is 25.7 Å². The van der Waals surface area contributed by atoms with Crippen molar-refractivity contribution in [1.29, 1.82) is 10.5 Å². The van der Waals surface area contributed by atoms with Crippen molar-refractivity contribution in [1.82, 2.24) is 0 Å². The molecule has 0 amide bonds. The summed E-state index contributed by atoms with van der Waals surface area (Å²) in [6.45, 7) is 1.96. The summed E-state index contributed by atoms with van der Waals surface area (Å²) >= 11 is 0. The van der Waals surface area contributed by atoms with E-state index < -0.39 is 0 Å². The second-order valence-corrected chi connectivity index (χ2v) is 6.01. The van der Waals surface area contributed by atoms with Crippen LogP contribution in [-0.4, -0.2) is 0 Å². The lowest BCUT2D eigenvalue weighted by molar-refractivity contribution is -0.697. The van der Waals surface area contributed by atoms with Crippen LogP contribution in [0.3, 0.4) is 0 Å². The van der Waals surface area contributed by atoms with Gasteiger partial charge in [0.1, 0.15) is 36.4 Å². The first-order valence-electron chi connectivity index (χ1n) is 8.60. The van der Waals surface area contributed by atoms with Crippen molar-refractivity contribution in [2.24, 2.45) is 0 Å². The summed E-state index contributed by atoms with van der Waals surface area (Å²) in [5.41, 5.74) is 1.44. The van der Waals surface area contributed by atoms with Crippen LogP contribution in [0.2, 0.25) is 0 Å². The van der Waals surface area contributed by atoms with Crippen molar-refractivity contribution in [3.63, 3.8) is 0 Å². The van der Waals surface area contributed by atoms with Crippen LogP contribution in [0.1, 0.15) is 49.7 Å². The van der Waals surface area contributed by atoms with Gasteiger partial charge in [0.15, 0.2) is 24.8 Å². The SMILES string of the molecule is N#Cc1ccc[n+](CCCCCCCC[n+]2cccc(C#N)c2)c1. The molecule has 2 rings (SSSR count). The van der Waals surface area contributed by atoms with Crippen molar-refractivity contribution in [2.45, 2.75) is 51.6 Å². The third-order valence-corrected chi connectivity index (χ3v) is 4.06. The Kier molecular flexibility index (Phi) is 7.44. The lowest BCUT2D eigenvalue weighted by Crippen LogP contribution is -2.33. The number of nitrogens with zero attached hydrogens (tertiary/aromatic N) is 4. The van der Waals surface area contributed by atoms with Crippen LogP contribution in [0.25, 0.3) is 0 Å². The van der Waals surface area contributed by atoms with Gasteiger partial charge in [-0.3, -0.25) is 0 Å². The van der Waals surface area contributed by atoms with Gasteiger partial charge >= 0.3 is 0 Å². The lowest BCUT2D eigenvalue weighted by Gasteiger charge is -2.00. The molecule has 2 heterocycles. The maximum atomic E-state index is 8.88. The van der Waals surface area contributed by atoms with Gasteiger partial charge in [-0.1, -0.05) is 12.8 Å². The summed E-state index contributed by atoms with van der Waals surface area (Å²) < 4.78 is 4.19. The van der Waals surface area contributed by atoms with Crippen molar-refractivity contribution in [3.8, 4) is 12.1 Å². The van der Waals surface area contributed by atoms with E-state index in [1.807, 2.05) is 49.1 Å². The molecule has 0 aromatic carbocycles. The summed E-state index contributed by atoms with van der Waals surface area (Å²) in [7, 11) is 0. The van der Waals surface area contributed by atoms with Crippen LogP contribution >= 0.6 is 0 Å². The lowest BCUT2D eigenvalue weighted by atomic mass is 10.1. The molecule has 4 heteroatoms. The minimum absolute atomic E-state index is 0.718. The van der Waals surface area contributed by atoms with Crippen molar-refractivity contribution < 1.29 is 9.13 Å². The Morgan fingerprint density at radius 2 is 1.08 bits per heavy atom. The zero-order valence-electron chi connectivity index (χ0n) is 14.1. The third kappa shape index (κ3) is 6.18. The summed E-state index contributed by atoms with van der Waals surface area (Å²) in [4.78, 5) is 0. The molecule has 122 valence electrons. The molecule has 0 aliphatic heterocycles. The molecule has 0 saturated carbocycles. The number of unbranched alkanes of at least 4 members (excludes halogenated alkanes) is 5. The van der Waals surface area contributed by atoms with Gasteiger partial charge in [0.05, 0.1) is 0 Å². The van der Waals surface area contributed by atoms with Crippen LogP contribution < -0.4 is 9.13 Å². The van der Waals surface area contributed by atoms with E-state index in [4.69, 9.17) is 10.5 Å². The Labute approximate surface area is 144 Å². The van der Waals surface area contributed by atoms with E-state index in [-0.39, 0.29) is 0 Å². The Bertz CT molecular complexity index is 661. The molecule has 2 aromatic heterocycles. The molecule has 0 unspecified atom stereocenters. The monoisotopic (exact) mass is 320 g/mol. The largest absolute Gasteiger partial charge is 0.204 e. The normalized spacial score (nSPS) is 10.1. The highest BCUT2D eigenvalue weighted by atomic mass is 14.9. The maximum absolute atomic E-state index is 8.88. The summed E-state index contributed by atoms with van der Waals surface area (Å²) in [6, 6.07) is 11.9. The predicted molar refractivity (Wildman–Crippen MR) is 90.4 cm³/mol. The number of nitriles is 2. The van der Waals surface area contributed by atoms with Gasteiger partial charge in [0, 0.05) is 25.0 Å². The molecule has 0 atom stereocenters. The Balaban J connectivity index is 1.54. The Morgan fingerprint density at radius 3 is 1.50 bits per heavy atom. The first-order valence-corrected chi connectivity index (χ1v) is 8.60. The van der Waals surface area contributed by atoms with Crippen molar-refractivity contribution in [2.75, 3.05) is 0 Å². The highest BCUT2D eigenvalue weighted by Crippen LogP contribution is 2.05. The average Bonchev–Trinajstić information content (AvgIpc) is 2.64. The van der Waals surface area contributed by atoms with E-state index >= 15 is 0 Å². The van der Waals surface area contributed by atoms with Gasteiger partial charge < -0.3 is 0 Å². The smallest absolute Gasteiger partial charge is 0.186 e. The molecule has 0 N–H and O–H groups in total. The second-order valence-electron chi connectivity index (χ2n) is 6.01. The number of hydrogen-bond acceptors (Lipinski definition) is 2. The van der Waals surface area contributed by atoms with Gasteiger partial charge in [0.25, 0.3) is 0 Å². The molecule has 24 heavy (non-hydrogen) atoms. The molecule has 2 aromatic rings. The number of rotatable bonds is 9. The molecule has 0 bridgehead atoms. The molecule has 0 aliphatic carbocycles. The first-order chi connectivity index (χ1) is 11.8. The fourth-order valence-corrected chi connectivity index (χ4v) is 2.75. The number of hydrogen-bond donors (Lipinski definition) is 0. The molecule has 0 saturated heterocycles. The fraction of sp³-hybridized carbons (Fsp3) is 0.400. The topological polar surface area (TPSA) is 55.3 Å². The predicted octanol–water partition coefficient (Wildman–Crippen LogP) is 3.05. The summed E-state index contributed by atoms with van der Waals surface area (Å²) in [5.74, 6) is 0. The molecule has 0 radical (unpaired) electrons. The van der Waals surface area contributed by atoms with E-state index in [0.29, 0.717) is 0 Å². The molecule has 0 aliphatic rings. The summed E-state index contributed by atoms with van der Waals surface area (Å²) in [5, 5.41) is 17.8. The van der Waals surface area contributed by atoms with Gasteiger partial charge in [0.2, 0.25) is 0 Å². The number of aryl methyl sites for hydroxylation is 2. The van der Waals surface area contributed by atoms with Crippen molar-refractivity contribution >= 4 is 0 Å². The Morgan fingerprint density at radius 1 is 0.667 bits per heavy atom. The van der Waals surface area contributed by atoms with E-state index in [0.717, 1.165) is 37.1 Å². The van der Waals surface area contributed by atoms with Gasteiger partial charge in [-0.25, -0.2) is 9.13 Å².